The van der Waals surface area contributed by atoms with Gasteiger partial charge in [-0.2, -0.15) is 0 Å². The second-order valence-corrected chi connectivity index (χ2v) is 2.26. The molecule has 1 unspecified atom stereocenters. The highest BCUT2D eigenvalue weighted by Gasteiger charge is 2.05. The predicted molar refractivity (Wildman–Crippen MR) is 45.5 cm³/mol. The number of nitrogens with zero attached hydrogens (tertiary/aromatic N) is 3. The Morgan fingerprint density at radius 1 is 1.73 bits per heavy atom. The summed E-state index contributed by atoms with van der Waals surface area (Å²) in [7, 11) is 0. The van der Waals surface area contributed by atoms with Crippen LogP contribution in [0.1, 0.15) is 25.7 Å². The normalized spacial score (nSPS) is 12.3. The summed E-state index contributed by atoms with van der Waals surface area (Å²) < 4.78 is 1.94. The van der Waals surface area contributed by atoms with Gasteiger partial charge in [0.25, 0.3) is 0 Å². The predicted octanol–water partition coefficient (Wildman–Crippen LogP) is 0.739. The molecule has 0 radical (unpaired) electrons. The Hall–Kier alpha value is -0.610. The van der Waals surface area contributed by atoms with Gasteiger partial charge in [0, 0.05) is 6.54 Å². The summed E-state index contributed by atoms with van der Waals surface area (Å²) in [5.41, 5.74) is 5.61. The van der Waals surface area contributed by atoms with E-state index in [1.54, 1.807) is 6.33 Å². The second kappa shape index (κ2) is 4.31. The smallest absolute Gasteiger partial charge is 0.149 e. The van der Waals surface area contributed by atoms with Gasteiger partial charge in [-0.25, -0.2) is 0 Å². The molecule has 64 valence electrons. The van der Waals surface area contributed by atoms with E-state index in [0.29, 0.717) is 0 Å². The molecule has 1 heterocycles. The SMILES string of the molecule is CCn1cnnc1C(C)N.Cl. The average Bonchev–Trinajstić information content (AvgIpc) is 2.33. The fraction of sp³-hybridized carbons (Fsp3) is 0.667. The third kappa shape index (κ3) is 2.17. The largest absolute Gasteiger partial charge is 0.322 e. The Bertz CT molecular complexity index is 208. The van der Waals surface area contributed by atoms with E-state index in [9.17, 15) is 0 Å². The number of nitrogens with two attached hydrogens (primary N) is 1. The van der Waals surface area contributed by atoms with Crippen molar-refractivity contribution in [3.8, 4) is 0 Å². The molecule has 0 fully saturated rings. The topological polar surface area (TPSA) is 56.7 Å². The number of rotatable bonds is 2. The third-order valence-electron chi connectivity index (χ3n) is 1.39. The lowest BCUT2D eigenvalue weighted by Gasteiger charge is -2.04. The Labute approximate surface area is 72.2 Å². The van der Waals surface area contributed by atoms with Gasteiger partial charge in [0.15, 0.2) is 0 Å². The van der Waals surface area contributed by atoms with Gasteiger partial charge in [0.2, 0.25) is 0 Å². The van der Waals surface area contributed by atoms with Crippen LogP contribution in [0.4, 0.5) is 0 Å². The van der Waals surface area contributed by atoms with Crippen LogP contribution in [0.15, 0.2) is 6.33 Å². The molecule has 0 saturated carbocycles. The van der Waals surface area contributed by atoms with Gasteiger partial charge in [0.1, 0.15) is 12.2 Å². The molecule has 0 amide bonds. The van der Waals surface area contributed by atoms with Crippen LogP contribution in [0.5, 0.6) is 0 Å². The minimum absolute atomic E-state index is 0. The van der Waals surface area contributed by atoms with Crippen molar-refractivity contribution in [2.45, 2.75) is 26.4 Å². The zero-order valence-corrected chi connectivity index (χ0v) is 7.51. The van der Waals surface area contributed by atoms with E-state index >= 15 is 0 Å². The summed E-state index contributed by atoms with van der Waals surface area (Å²) in [5, 5.41) is 7.62. The number of halogens is 1. The van der Waals surface area contributed by atoms with E-state index in [4.69, 9.17) is 5.73 Å². The summed E-state index contributed by atoms with van der Waals surface area (Å²) in [6.45, 7) is 4.81. The van der Waals surface area contributed by atoms with Gasteiger partial charge in [-0.15, -0.1) is 22.6 Å². The molecule has 11 heavy (non-hydrogen) atoms. The standard InChI is InChI=1S/C6H12N4.ClH/c1-3-10-4-8-9-6(10)5(2)7;/h4-5H,3,7H2,1-2H3;1H. The van der Waals surface area contributed by atoms with Crippen LogP contribution < -0.4 is 5.73 Å². The van der Waals surface area contributed by atoms with E-state index in [0.717, 1.165) is 12.4 Å². The van der Waals surface area contributed by atoms with E-state index in [1.807, 2.05) is 18.4 Å². The van der Waals surface area contributed by atoms with Crippen LogP contribution in [0.25, 0.3) is 0 Å². The Kier molecular flexibility index (Phi) is 4.07. The Morgan fingerprint density at radius 3 is 2.73 bits per heavy atom. The van der Waals surface area contributed by atoms with Gasteiger partial charge < -0.3 is 10.3 Å². The van der Waals surface area contributed by atoms with Crippen LogP contribution in [-0.4, -0.2) is 14.8 Å². The molecule has 0 aliphatic rings. The lowest BCUT2D eigenvalue weighted by Crippen LogP contribution is -2.12. The van der Waals surface area contributed by atoms with Crippen LogP contribution >= 0.6 is 12.4 Å². The molecular formula is C6H13ClN4. The maximum atomic E-state index is 5.61. The zero-order valence-electron chi connectivity index (χ0n) is 6.69. The van der Waals surface area contributed by atoms with E-state index < -0.39 is 0 Å². The Morgan fingerprint density at radius 2 is 2.36 bits per heavy atom. The summed E-state index contributed by atoms with van der Waals surface area (Å²) in [6, 6.07) is -0.0255. The van der Waals surface area contributed by atoms with Crippen molar-refractivity contribution in [1.29, 1.82) is 0 Å². The summed E-state index contributed by atoms with van der Waals surface area (Å²) in [4.78, 5) is 0. The first-order valence-electron chi connectivity index (χ1n) is 3.39. The van der Waals surface area contributed by atoms with Crippen LogP contribution in [-0.2, 0) is 6.54 Å². The lowest BCUT2D eigenvalue weighted by molar-refractivity contribution is 0.636. The number of hydrogen-bond donors (Lipinski definition) is 1. The highest BCUT2D eigenvalue weighted by atomic mass is 35.5. The van der Waals surface area contributed by atoms with Crippen molar-refractivity contribution in [2.75, 3.05) is 0 Å². The maximum Gasteiger partial charge on any atom is 0.149 e. The quantitative estimate of drug-likeness (QED) is 0.723. The first-order chi connectivity index (χ1) is 4.75. The van der Waals surface area contributed by atoms with Crippen molar-refractivity contribution < 1.29 is 0 Å². The van der Waals surface area contributed by atoms with Crippen LogP contribution in [0.2, 0.25) is 0 Å². The monoisotopic (exact) mass is 176 g/mol. The summed E-state index contributed by atoms with van der Waals surface area (Å²) in [5.74, 6) is 0.850. The van der Waals surface area contributed by atoms with Crippen LogP contribution in [0.3, 0.4) is 0 Å². The minimum Gasteiger partial charge on any atom is -0.322 e. The zero-order chi connectivity index (χ0) is 7.56. The number of aromatic nitrogens is 3. The molecule has 5 heteroatoms. The molecular weight excluding hydrogens is 164 g/mol. The summed E-state index contributed by atoms with van der Waals surface area (Å²) in [6.07, 6.45) is 1.69. The molecule has 1 aromatic rings. The second-order valence-electron chi connectivity index (χ2n) is 2.26. The first-order valence-corrected chi connectivity index (χ1v) is 3.39. The van der Waals surface area contributed by atoms with Crippen molar-refractivity contribution in [3.05, 3.63) is 12.2 Å². The molecule has 1 rings (SSSR count). The highest BCUT2D eigenvalue weighted by molar-refractivity contribution is 5.85. The highest BCUT2D eigenvalue weighted by Crippen LogP contribution is 2.03. The van der Waals surface area contributed by atoms with E-state index in [2.05, 4.69) is 10.2 Å². The molecule has 0 aliphatic heterocycles. The fourth-order valence-corrected chi connectivity index (χ4v) is 0.860. The molecule has 0 aliphatic carbocycles. The van der Waals surface area contributed by atoms with Gasteiger partial charge in [0.05, 0.1) is 6.04 Å². The molecule has 0 spiro atoms. The molecule has 4 nitrogen and oxygen atoms in total. The van der Waals surface area contributed by atoms with Gasteiger partial charge in [-0.3, -0.25) is 0 Å². The number of aryl methyl sites for hydroxylation is 1. The number of hydrogen-bond acceptors (Lipinski definition) is 3. The average molecular weight is 177 g/mol. The van der Waals surface area contributed by atoms with E-state index in [1.165, 1.54) is 0 Å². The van der Waals surface area contributed by atoms with Crippen molar-refractivity contribution in [3.63, 3.8) is 0 Å². The third-order valence-corrected chi connectivity index (χ3v) is 1.39. The molecule has 1 atom stereocenters. The summed E-state index contributed by atoms with van der Waals surface area (Å²) >= 11 is 0. The van der Waals surface area contributed by atoms with Crippen LogP contribution in [0, 0.1) is 0 Å². The first kappa shape index (κ1) is 10.4. The van der Waals surface area contributed by atoms with E-state index in [-0.39, 0.29) is 18.4 Å². The molecule has 2 N–H and O–H groups in total. The van der Waals surface area contributed by atoms with Crippen molar-refractivity contribution in [2.24, 2.45) is 5.73 Å². The van der Waals surface area contributed by atoms with Gasteiger partial charge in [-0.05, 0) is 13.8 Å². The molecule has 0 bridgehead atoms. The molecule has 0 saturated heterocycles. The minimum atomic E-state index is -0.0255. The lowest BCUT2D eigenvalue weighted by atomic mass is 10.3. The van der Waals surface area contributed by atoms with Crippen molar-refractivity contribution in [1.82, 2.24) is 14.8 Å². The van der Waals surface area contributed by atoms with Gasteiger partial charge in [-0.1, -0.05) is 0 Å². The maximum absolute atomic E-state index is 5.61. The molecule has 0 aromatic carbocycles. The van der Waals surface area contributed by atoms with Crippen molar-refractivity contribution >= 4 is 12.4 Å². The van der Waals surface area contributed by atoms with Gasteiger partial charge >= 0.3 is 0 Å². The molecule has 1 aromatic heterocycles. The Balaban J connectivity index is 0.000001000. The fourth-order valence-electron chi connectivity index (χ4n) is 0.860.